The molecule has 17 heavy (non-hydrogen) atoms. The molecule has 1 unspecified atom stereocenters. The molecule has 1 fully saturated rings. The zero-order valence-electron chi connectivity index (χ0n) is 9.55. The van der Waals surface area contributed by atoms with Gasteiger partial charge in [-0.25, -0.2) is 0 Å². The van der Waals surface area contributed by atoms with Crippen molar-refractivity contribution in [3.63, 3.8) is 0 Å². The lowest BCUT2D eigenvalue weighted by Gasteiger charge is -2.14. The Morgan fingerprint density at radius 2 is 2.24 bits per heavy atom. The number of ether oxygens (including phenoxy) is 1. The monoisotopic (exact) mass is 234 g/mol. The molecule has 5 nitrogen and oxygen atoms in total. The quantitative estimate of drug-likeness (QED) is 0.762. The van der Waals surface area contributed by atoms with E-state index in [1.807, 2.05) is 18.2 Å². The van der Waals surface area contributed by atoms with Crippen molar-refractivity contribution in [2.24, 2.45) is 5.73 Å². The maximum atomic E-state index is 11.6. The van der Waals surface area contributed by atoms with Crippen LogP contribution in [0, 0.1) is 0 Å². The number of imide groups is 1. The zero-order chi connectivity index (χ0) is 12.4. The number of amides is 2. The van der Waals surface area contributed by atoms with Gasteiger partial charge in [0.25, 0.3) is 0 Å². The van der Waals surface area contributed by atoms with E-state index >= 15 is 0 Å². The molecule has 1 aliphatic heterocycles. The minimum Gasteiger partial charge on any atom is -0.497 e. The lowest BCUT2D eigenvalue weighted by Crippen LogP contribution is -2.34. The molecule has 0 bridgehead atoms. The summed E-state index contributed by atoms with van der Waals surface area (Å²) in [5.41, 5.74) is 6.38. The van der Waals surface area contributed by atoms with Crippen LogP contribution in [0.2, 0.25) is 0 Å². The average Bonchev–Trinajstić information content (AvgIpc) is 2.56. The molecule has 1 heterocycles. The minimum atomic E-state index is -0.687. The van der Waals surface area contributed by atoms with Crippen molar-refractivity contribution >= 4 is 11.8 Å². The van der Waals surface area contributed by atoms with Gasteiger partial charge in [0.1, 0.15) is 5.75 Å². The predicted molar refractivity (Wildman–Crippen MR) is 61.1 cm³/mol. The summed E-state index contributed by atoms with van der Waals surface area (Å²) in [4.78, 5) is 24.4. The van der Waals surface area contributed by atoms with Gasteiger partial charge in [-0.2, -0.15) is 0 Å². The summed E-state index contributed by atoms with van der Waals surface area (Å²) in [7, 11) is 1.57. The minimum absolute atomic E-state index is 0.100. The summed E-state index contributed by atoms with van der Waals surface area (Å²) < 4.78 is 5.08. The van der Waals surface area contributed by atoms with E-state index in [9.17, 15) is 9.59 Å². The van der Waals surface area contributed by atoms with E-state index in [2.05, 4.69) is 0 Å². The molecule has 1 aromatic carbocycles. The second-order valence-corrected chi connectivity index (χ2v) is 3.98. The summed E-state index contributed by atoms with van der Waals surface area (Å²) in [5, 5.41) is 0. The van der Waals surface area contributed by atoms with E-state index in [0.29, 0.717) is 5.75 Å². The van der Waals surface area contributed by atoms with E-state index < -0.39 is 6.04 Å². The number of likely N-dealkylation sites (tertiary alicyclic amines) is 1. The topological polar surface area (TPSA) is 72.6 Å². The largest absolute Gasteiger partial charge is 0.497 e. The number of nitrogens with zero attached hydrogens (tertiary/aromatic N) is 1. The number of rotatable bonds is 3. The van der Waals surface area contributed by atoms with Gasteiger partial charge in [-0.3, -0.25) is 14.5 Å². The highest BCUT2D eigenvalue weighted by Gasteiger charge is 2.35. The lowest BCUT2D eigenvalue weighted by molar-refractivity contribution is -0.139. The average molecular weight is 234 g/mol. The summed E-state index contributed by atoms with van der Waals surface area (Å²) in [6, 6.07) is 6.58. The van der Waals surface area contributed by atoms with Crippen LogP contribution in [0.3, 0.4) is 0 Å². The van der Waals surface area contributed by atoms with Gasteiger partial charge in [-0.05, 0) is 17.7 Å². The van der Waals surface area contributed by atoms with Crippen molar-refractivity contribution in [3.05, 3.63) is 29.8 Å². The summed E-state index contributed by atoms with van der Waals surface area (Å²) in [6.45, 7) is 0.253. The number of nitrogens with two attached hydrogens (primary N) is 1. The molecule has 2 amide bonds. The highest BCUT2D eigenvalue weighted by molar-refractivity contribution is 6.05. The number of hydrogen-bond acceptors (Lipinski definition) is 4. The zero-order valence-corrected chi connectivity index (χ0v) is 9.55. The first-order chi connectivity index (χ1) is 8.11. The number of hydrogen-bond donors (Lipinski definition) is 1. The van der Waals surface area contributed by atoms with Gasteiger partial charge in [0, 0.05) is 0 Å². The number of methoxy groups -OCH3 is 1. The number of benzene rings is 1. The van der Waals surface area contributed by atoms with Gasteiger partial charge < -0.3 is 10.5 Å². The molecular weight excluding hydrogens is 220 g/mol. The molecule has 0 aliphatic carbocycles. The second kappa shape index (κ2) is 4.55. The molecule has 0 aromatic heterocycles. The normalized spacial score (nSPS) is 19.9. The number of carbonyl (C=O) groups is 2. The fraction of sp³-hybridized carbons (Fsp3) is 0.333. The Morgan fingerprint density at radius 3 is 2.82 bits per heavy atom. The standard InChI is InChI=1S/C12H14N2O3/c1-17-9-4-2-3-8(5-9)7-14-11(15)6-10(13)12(14)16/h2-5,10H,6-7,13H2,1H3. The van der Waals surface area contributed by atoms with Crippen molar-refractivity contribution in [2.45, 2.75) is 19.0 Å². The Morgan fingerprint density at radius 1 is 1.47 bits per heavy atom. The van der Waals surface area contributed by atoms with Gasteiger partial charge in [0.05, 0.1) is 26.1 Å². The van der Waals surface area contributed by atoms with Crippen molar-refractivity contribution in [3.8, 4) is 5.75 Å². The Bertz CT molecular complexity index is 459. The SMILES string of the molecule is COc1cccc(CN2C(=O)CC(N)C2=O)c1. The second-order valence-electron chi connectivity index (χ2n) is 3.98. The van der Waals surface area contributed by atoms with Crippen LogP contribution >= 0.6 is 0 Å². The molecule has 0 radical (unpaired) electrons. The van der Waals surface area contributed by atoms with Crippen molar-refractivity contribution < 1.29 is 14.3 Å². The van der Waals surface area contributed by atoms with Crippen molar-refractivity contribution in [2.75, 3.05) is 7.11 Å². The van der Waals surface area contributed by atoms with Gasteiger partial charge in [0.15, 0.2) is 0 Å². The lowest BCUT2D eigenvalue weighted by atomic mass is 10.2. The van der Waals surface area contributed by atoms with Crippen LogP contribution in [0.4, 0.5) is 0 Å². The fourth-order valence-electron chi connectivity index (χ4n) is 1.83. The first kappa shape index (κ1) is 11.6. The van der Waals surface area contributed by atoms with Crippen LogP contribution in [0.15, 0.2) is 24.3 Å². The van der Waals surface area contributed by atoms with E-state index in [1.54, 1.807) is 13.2 Å². The van der Waals surface area contributed by atoms with Gasteiger partial charge in [-0.15, -0.1) is 0 Å². The molecule has 0 spiro atoms. The molecule has 2 rings (SSSR count). The summed E-state index contributed by atoms with van der Waals surface area (Å²) in [6.07, 6.45) is 0.100. The van der Waals surface area contributed by atoms with Crippen LogP contribution in [0.5, 0.6) is 5.75 Å². The molecule has 1 aromatic rings. The fourth-order valence-corrected chi connectivity index (χ4v) is 1.83. The van der Waals surface area contributed by atoms with Crippen LogP contribution in [-0.2, 0) is 16.1 Å². The van der Waals surface area contributed by atoms with Crippen LogP contribution in [0.1, 0.15) is 12.0 Å². The molecule has 5 heteroatoms. The van der Waals surface area contributed by atoms with E-state index in [-0.39, 0.29) is 24.8 Å². The molecule has 1 saturated heterocycles. The van der Waals surface area contributed by atoms with Gasteiger partial charge in [0.2, 0.25) is 11.8 Å². The van der Waals surface area contributed by atoms with Crippen molar-refractivity contribution in [1.82, 2.24) is 4.90 Å². The Hall–Kier alpha value is -1.88. The molecular formula is C12H14N2O3. The highest BCUT2D eigenvalue weighted by atomic mass is 16.5. The van der Waals surface area contributed by atoms with Gasteiger partial charge >= 0.3 is 0 Å². The van der Waals surface area contributed by atoms with E-state index in [0.717, 1.165) is 5.56 Å². The first-order valence-electron chi connectivity index (χ1n) is 5.34. The molecule has 90 valence electrons. The predicted octanol–water partition coefficient (Wildman–Crippen LogP) is 0.281. The molecule has 1 aliphatic rings. The van der Waals surface area contributed by atoms with Crippen LogP contribution in [0.25, 0.3) is 0 Å². The first-order valence-corrected chi connectivity index (χ1v) is 5.34. The Labute approximate surface area is 99.2 Å². The Kier molecular flexibility index (Phi) is 3.10. The van der Waals surface area contributed by atoms with Crippen LogP contribution in [-0.4, -0.2) is 29.9 Å². The van der Waals surface area contributed by atoms with E-state index in [4.69, 9.17) is 10.5 Å². The molecule has 2 N–H and O–H groups in total. The third kappa shape index (κ3) is 2.29. The maximum Gasteiger partial charge on any atom is 0.246 e. The highest BCUT2D eigenvalue weighted by Crippen LogP contribution is 2.18. The maximum absolute atomic E-state index is 11.6. The third-order valence-electron chi connectivity index (χ3n) is 2.75. The summed E-state index contributed by atoms with van der Waals surface area (Å²) in [5.74, 6) is 0.175. The van der Waals surface area contributed by atoms with Gasteiger partial charge in [-0.1, -0.05) is 12.1 Å². The molecule has 0 saturated carbocycles. The smallest absolute Gasteiger partial charge is 0.246 e. The summed E-state index contributed by atoms with van der Waals surface area (Å²) >= 11 is 0. The number of carbonyl (C=O) groups excluding carboxylic acids is 2. The Balaban J connectivity index is 2.15. The van der Waals surface area contributed by atoms with E-state index in [1.165, 1.54) is 4.90 Å². The van der Waals surface area contributed by atoms with Crippen LogP contribution < -0.4 is 10.5 Å². The van der Waals surface area contributed by atoms with Crippen molar-refractivity contribution in [1.29, 1.82) is 0 Å². The molecule has 1 atom stereocenters. The third-order valence-corrected chi connectivity index (χ3v) is 2.75.